The van der Waals surface area contributed by atoms with Crippen LogP contribution >= 0.6 is 0 Å². The zero-order valence-electron chi connectivity index (χ0n) is 12.6. The molecule has 0 radical (unpaired) electrons. The van der Waals surface area contributed by atoms with Crippen LogP contribution in [-0.2, 0) is 0 Å². The number of aromatic nitrogens is 4. The first-order valence-corrected chi connectivity index (χ1v) is 7.75. The Hall–Kier alpha value is -2.83. The van der Waals surface area contributed by atoms with Gasteiger partial charge in [-0.2, -0.15) is 4.98 Å². The van der Waals surface area contributed by atoms with Crippen molar-refractivity contribution in [1.29, 1.82) is 0 Å². The molecule has 1 saturated heterocycles. The predicted octanol–water partition coefficient (Wildman–Crippen LogP) is 1.89. The van der Waals surface area contributed by atoms with E-state index >= 15 is 0 Å². The Morgan fingerprint density at radius 2 is 2.09 bits per heavy atom. The second-order valence-corrected chi connectivity index (χ2v) is 5.93. The van der Waals surface area contributed by atoms with Crippen LogP contribution in [0.3, 0.4) is 0 Å². The number of anilines is 1. The van der Waals surface area contributed by atoms with E-state index in [-0.39, 0.29) is 17.8 Å². The standard InChI is InChI=1S/C16H18N6O/c17-16-19-14(20-21-16)11-4-7-22(8-5-11)15(23)12-2-1-10-3-6-18-13(10)9-12/h1-3,6,9,11,18H,4-5,7-8H2,(H3,17,19,20,21). The Kier molecular flexibility index (Phi) is 3.25. The van der Waals surface area contributed by atoms with Crippen LogP contribution in [0, 0.1) is 0 Å². The van der Waals surface area contributed by atoms with Gasteiger partial charge in [0.25, 0.3) is 5.91 Å². The first kappa shape index (κ1) is 13.8. The van der Waals surface area contributed by atoms with Crippen molar-refractivity contribution in [1.82, 2.24) is 25.1 Å². The van der Waals surface area contributed by atoms with Crippen LogP contribution in [0.4, 0.5) is 5.95 Å². The van der Waals surface area contributed by atoms with Crippen molar-refractivity contribution in [3.05, 3.63) is 41.9 Å². The maximum Gasteiger partial charge on any atom is 0.253 e. The van der Waals surface area contributed by atoms with Crippen LogP contribution in [0.1, 0.15) is 34.9 Å². The summed E-state index contributed by atoms with van der Waals surface area (Å²) in [7, 11) is 0. The first-order valence-electron chi connectivity index (χ1n) is 7.75. The normalized spacial score (nSPS) is 16.1. The lowest BCUT2D eigenvalue weighted by Gasteiger charge is -2.31. The van der Waals surface area contributed by atoms with E-state index in [0.717, 1.165) is 35.1 Å². The molecule has 3 heterocycles. The number of fused-ring (bicyclic) bond motifs is 1. The Bertz CT molecular complexity index is 843. The number of rotatable bonds is 2. The lowest BCUT2D eigenvalue weighted by atomic mass is 9.95. The maximum atomic E-state index is 12.7. The first-order chi connectivity index (χ1) is 11.2. The number of amides is 1. The molecule has 1 aliphatic rings. The fourth-order valence-electron chi connectivity index (χ4n) is 3.19. The summed E-state index contributed by atoms with van der Waals surface area (Å²) >= 11 is 0. The van der Waals surface area contributed by atoms with E-state index in [1.807, 2.05) is 35.4 Å². The highest BCUT2D eigenvalue weighted by molar-refractivity contribution is 5.98. The van der Waals surface area contributed by atoms with Gasteiger partial charge in [-0.15, -0.1) is 5.10 Å². The third kappa shape index (κ3) is 2.54. The molecule has 2 aromatic heterocycles. The Morgan fingerprint density at radius 3 is 2.83 bits per heavy atom. The molecule has 23 heavy (non-hydrogen) atoms. The minimum Gasteiger partial charge on any atom is -0.367 e. The summed E-state index contributed by atoms with van der Waals surface area (Å²) in [5.41, 5.74) is 7.27. The number of carbonyl (C=O) groups excluding carboxylic acids is 1. The summed E-state index contributed by atoms with van der Waals surface area (Å²) in [6.45, 7) is 1.43. The topological polar surface area (TPSA) is 104 Å². The van der Waals surface area contributed by atoms with Gasteiger partial charge in [-0.1, -0.05) is 6.07 Å². The highest BCUT2D eigenvalue weighted by Crippen LogP contribution is 2.27. The Morgan fingerprint density at radius 1 is 1.26 bits per heavy atom. The van der Waals surface area contributed by atoms with Crippen molar-refractivity contribution >= 4 is 22.8 Å². The molecule has 0 saturated carbocycles. The second-order valence-electron chi connectivity index (χ2n) is 5.93. The van der Waals surface area contributed by atoms with Crippen LogP contribution < -0.4 is 5.73 Å². The van der Waals surface area contributed by atoms with Crippen LogP contribution in [0.15, 0.2) is 30.5 Å². The fraction of sp³-hybridized carbons (Fsp3) is 0.312. The SMILES string of the molecule is Nc1n[nH]c(C2CCN(C(=O)c3ccc4cc[nH]c4c3)CC2)n1. The number of nitrogen functional groups attached to an aromatic ring is 1. The molecular formula is C16H18N6O. The van der Waals surface area contributed by atoms with Crippen LogP contribution in [-0.4, -0.2) is 44.1 Å². The summed E-state index contributed by atoms with van der Waals surface area (Å²) in [6, 6.07) is 7.78. The number of hydrogen-bond acceptors (Lipinski definition) is 4. The molecule has 7 heteroatoms. The van der Waals surface area contributed by atoms with Gasteiger partial charge in [0, 0.05) is 36.3 Å². The molecule has 0 spiro atoms. The quantitative estimate of drug-likeness (QED) is 0.672. The van der Waals surface area contributed by atoms with Crippen molar-refractivity contribution in [3.8, 4) is 0 Å². The van der Waals surface area contributed by atoms with Gasteiger partial charge in [0.2, 0.25) is 5.95 Å². The second kappa shape index (κ2) is 5.42. The maximum absolute atomic E-state index is 12.7. The fourth-order valence-corrected chi connectivity index (χ4v) is 3.19. The van der Waals surface area contributed by atoms with Crippen molar-refractivity contribution in [2.24, 2.45) is 0 Å². The molecule has 118 valence electrons. The molecule has 0 aliphatic carbocycles. The minimum absolute atomic E-state index is 0.0806. The zero-order chi connectivity index (χ0) is 15.8. The number of piperidine rings is 1. The van der Waals surface area contributed by atoms with E-state index in [4.69, 9.17) is 5.73 Å². The van der Waals surface area contributed by atoms with Crippen LogP contribution in [0.5, 0.6) is 0 Å². The van der Waals surface area contributed by atoms with Gasteiger partial charge in [0.15, 0.2) is 0 Å². The van der Waals surface area contributed by atoms with Crippen molar-refractivity contribution in [2.45, 2.75) is 18.8 Å². The largest absolute Gasteiger partial charge is 0.367 e. The van der Waals surface area contributed by atoms with E-state index in [2.05, 4.69) is 20.2 Å². The molecule has 0 atom stereocenters. The number of nitrogens with zero attached hydrogens (tertiary/aromatic N) is 3. The lowest BCUT2D eigenvalue weighted by molar-refractivity contribution is 0.0711. The van der Waals surface area contributed by atoms with Crippen molar-refractivity contribution in [3.63, 3.8) is 0 Å². The average molecular weight is 310 g/mol. The van der Waals surface area contributed by atoms with Gasteiger partial charge < -0.3 is 15.6 Å². The zero-order valence-corrected chi connectivity index (χ0v) is 12.6. The number of carbonyl (C=O) groups is 1. The number of likely N-dealkylation sites (tertiary alicyclic amines) is 1. The molecular weight excluding hydrogens is 292 g/mol. The van der Waals surface area contributed by atoms with E-state index < -0.39 is 0 Å². The molecule has 7 nitrogen and oxygen atoms in total. The molecule has 1 aliphatic heterocycles. The molecule has 0 unspecified atom stereocenters. The number of aromatic amines is 2. The Labute approximate surface area is 132 Å². The lowest BCUT2D eigenvalue weighted by Crippen LogP contribution is -2.38. The number of nitrogens with two attached hydrogens (primary N) is 1. The molecule has 0 bridgehead atoms. The van der Waals surface area contributed by atoms with Crippen molar-refractivity contribution in [2.75, 3.05) is 18.8 Å². The van der Waals surface area contributed by atoms with Gasteiger partial charge in [-0.05, 0) is 36.4 Å². The minimum atomic E-state index is 0.0806. The molecule has 1 fully saturated rings. The van der Waals surface area contributed by atoms with E-state index in [0.29, 0.717) is 13.1 Å². The molecule has 3 aromatic rings. The highest BCUT2D eigenvalue weighted by Gasteiger charge is 2.26. The van der Waals surface area contributed by atoms with Crippen LogP contribution in [0.2, 0.25) is 0 Å². The molecule has 1 amide bonds. The monoisotopic (exact) mass is 310 g/mol. The van der Waals surface area contributed by atoms with Gasteiger partial charge in [0.1, 0.15) is 5.82 Å². The van der Waals surface area contributed by atoms with Gasteiger partial charge in [0.05, 0.1) is 0 Å². The van der Waals surface area contributed by atoms with Crippen LogP contribution in [0.25, 0.3) is 10.9 Å². The summed E-state index contributed by atoms with van der Waals surface area (Å²) in [5, 5.41) is 7.86. The van der Waals surface area contributed by atoms with Gasteiger partial charge >= 0.3 is 0 Å². The molecule has 4 N–H and O–H groups in total. The van der Waals surface area contributed by atoms with E-state index in [1.54, 1.807) is 0 Å². The number of H-pyrrole nitrogens is 2. The predicted molar refractivity (Wildman–Crippen MR) is 87.0 cm³/mol. The number of nitrogens with one attached hydrogen (secondary N) is 2. The van der Waals surface area contributed by atoms with E-state index in [1.165, 1.54) is 0 Å². The molecule has 4 rings (SSSR count). The third-order valence-corrected chi connectivity index (χ3v) is 4.49. The van der Waals surface area contributed by atoms with Gasteiger partial charge in [-0.25, -0.2) is 0 Å². The van der Waals surface area contributed by atoms with E-state index in [9.17, 15) is 4.79 Å². The summed E-state index contributed by atoms with van der Waals surface area (Å²) in [6.07, 6.45) is 3.61. The average Bonchev–Trinajstić information content (AvgIpc) is 3.22. The third-order valence-electron chi connectivity index (χ3n) is 4.49. The molecule has 1 aromatic carbocycles. The Balaban J connectivity index is 1.46. The van der Waals surface area contributed by atoms with Crippen molar-refractivity contribution < 1.29 is 4.79 Å². The summed E-state index contributed by atoms with van der Waals surface area (Å²) in [4.78, 5) is 21.9. The van der Waals surface area contributed by atoms with Gasteiger partial charge in [-0.3, -0.25) is 9.89 Å². The summed E-state index contributed by atoms with van der Waals surface area (Å²) in [5.74, 6) is 1.46. The highest BCUT2D eigenvalue weighted by atomic mass is 16.2. The number of benzene rings is 1. The summed E-state index contributed by atoms with van der Waals surface area (Å²) < 4.78 is 0. The smallest absolute Gasteiger partial charge is 0.253 e. The number of hydrogen-bond donors (Lipinski definition) is 3.